The van der Waals surface area contributed by atoms with E-state index in [9.17, 15) is 8.42 Å². The van der Waals surface area contributed by atoms with Gasteiger partial charge in [0.1, 0.15) is 12.5 Å². The molecule has 0 heterocycles. The van der Waals surface area contributed by atoms with Gasteiger partial charge < -0.3 is 10.2 Å². The van der Waals surface area contributed by atoms with Crippen LogP contribution in [0.4, 0.5) is 0 Å². The fourth-order valence-corrected chi connectivity index (χ4v) is 0.836. The lowest BCUT2D eigenvalue weighted by Crippen LogP contribution is -2.33. The van der Waals surface area contributed by atoms with E-state index in [2.05, 4.69) is 9.50 Å². The van der Waals surface area contributed by atoms with Gasteiger partial charge in [0.25, 0.3) is 0 Å². The number of aliphatic hydroxyl groups excluding tert-OH is 2. The molecule has 0 aromatic rings. The zero-order chi connectivity index (χ0) is 13.2. The van der Waals surface area contributed by atoms with Crippen LogP contribution < -0.4 is 5.32 Å². The summed E-state index contributed by atoms with van der Waals surface area (Å²) in [4.78, 5) is 0. The van der Waals surface area contributed by atoms with Crippen molar-refractivity contribution in [1.29, 1.82) is 5.26 Å². The summed E-state index contributed by atoms with van der Waals surface area (Å²) in [7, 11) is -4.35. The van der Waals surface area contributed by atoms with Crippen LogP contribution in [0.15, 0.2) is 0 Å². The minimum atomic E-state index is -4.35. The highest BCUT2D eigenvalue weighted by atomic mass is 32.3. The molecule has 0 spiro atoms. The fourth-order valence-electron chi connectivity index (χ4n) is 0.542. The lowest BCUT2D eigenvalue weighted by molar-refractivity contribution is 0.0632. The third-order valence-electron chi connectivity index (χ3n) is 0.929. The van der Waals surface area contributed by atoms with Gasteiger partial charge in [-0.15, -0.1) is 0 Å². The maximum atomic E-state index is 9.73. The van der Waals surface area contributed by atoms with Gasteiger partial charge in [-0.1, -0.05) is 0 Å². The second-order valence-corrected chi connectivity index (χ2v) is 3.77. The summed E-state index contributed by atoms with van der Waals surface area (Å²) in [5.41, 5.74) is 0. The first-order valence-electron chi connectivity index (χ1n) is 4.30. The zero-order valence-electron chi connectivity index (χ0n) is 8.99. The normalized spacial score (nSPS) is 14.2. The molecule has 0 aliphatic heterocycles. The van der Waals surface area contributed by atoms with Gasteiger partial charge in [0.2, 0.25) is 0 Å². The van der Waals surface area contributed by atoms with Gasteiger partial charge in [0.15, 0.2) is 0 Å². The summed E-state index contributed by atoms with van der Waals surface area (Å²) in [6.45, 7) is 2.80. The SMILES string of the molecule is CC(O)NC(C)O.N#CCCOS(=O)(=O)O. The minimum absolute atomic E-state index is 0.0558. The molecule has 2 unspecified atom stereocenters. The number of nitriles is 1. The van der Waals surface area contributed by atoms with Crippen LogP contribution in [0.5, 0.6) is 0 Å². The lowest BCUT2D eigenvalue weighted by Gasteiger charge is -2.08. The highest BCUT2D eigenvalue weighted by molar-refractivity contribution is 7.80. The highest BCUT2D eigenvalue weighted by Crippen LogP contribution is 1.86. The molecule has 0 aliphatic rings. The van der Waals surface area contributed by atoms with Crippen molar-refractivity contribution in [3.8, 4) is 6.07 Å². The molecule has 0 rings (SSSR count). The van der Waals surface area contributed by atoms with Gasteiger partial charge in [0, 0.05) is 0 Å². The van der Waals surface area contributed by atoms with E-state index in [0.29, 0.717) is 0 Å². The number of rotatable bonds is 5. The van der Waals surface area contributed by atoms with Crippen molar-refractivity contribution < 1.29 is 27.4 Å². The average Bonchev–Trinajstić information content (AvgIpc) is 2.00. The Morgan fingerprint density at radius 3 is 2.00 bits per heavy atom. The summed E-state index contributed by atoms with van der Waals surface area (Å²) < 4.78 is 31.1. The Bertz CT molecular complexity index is 288. The monoisotopic (exact) mass is 256 g/mol. The predicted molar refractivity (Wildman–Crippen MR) is 54.2 cm³/mol. The molecular formula is C7H16N2O6S. The first-order valence-corrected chi connectivity index (χ1v) is 5.66. The fraction of sp³-hybridized carbons (Fsp3) is 0.857. The van der Waals surface area contributed by atoms with Crippen LogP contribution in [-0.4, -0.2) is 42.2 Å². The van der Waals surface area contributed by atoms with E-state index in [4.69, 9.17) is 20.0 Å². The number of hydrogen-bond acceptors (Lipinski definition) is 7. The van der Waals surface area contributed by atoms with E-state index >= 15 is 0 Å². The average molecular weight is 256 g/mol. The number of nitrogens with one attached hydrogen (secondary N) is 1. The Labute approximate surface area is 94.4 Å². The maximum Gasteiger partial charge on any atom is 0.397 e. The van der Waals surface area contributed by atoms with Gasteiger partial charge >= 0.3 is 10.4 Å². The van der Waals surface area contributed by atoms with Crippen LogP contribution in [0.25, 0.3) is 0 Å². The van der Waals surface area contributed by atoms with Crippen LogP contribution in [-0.2, 0) is 14.6 Å². The van der Waals surface area contributed by atoms with Gasteiger partial charge in [-0.2, -0.15) is 13.7 Å². The molecule has 0 aromatic carbocycles. The minimum Gasteiger partial charge on any atom is -0.379 e. The van der Waals surface area contributed by atoms with Crippen molar-refractivity contribution in [2.75, 3.05) is 6.61 Å². The molecule has 16 heavy (non-hydrogen) atoms. The topological polar surface area (TPSA) is 140 Å². The molecule has 0 aromatic heterocycles. The predicted octanol–water partition coefficient (Wildman–Crippen LogP) is -1.03. The molecule has 0 radical (unpaired) electrons. The number of hydrogen-bond donors (Lipinski definition) is 4. The number of nitrogens with zero attached hydrogens (tertiary/aromatic N) is 1. The van der Waals surface area contributed by atoms with Crippen molar-refractivity contribution in [1.82, 2.24) is 5.32 Å². The Balaban J connectivity index is 0. The van der Waals surface area contributed by atoms with Crippen LogP contribution in [0.3, 0.4) is 0 Å². The van der Waals surface area contributed by atoms with Crippen molar-refractivity contribution in [2.24, 2.45) is 0 Å². The molecule has 9 heteroatoms. The molecule has 2 atom stereocenters. The highest BCUT2D eigenvalue weighted by Gasteiger charge is 2.01. The molecule has 4 N–H and O–H groups in total. The summed E-state index contributed by atoms with van der Waals surface area (Å²) in [5.74, 6) is 0. The van der Waals surface area contributed by atoms with Gasteiger partial charge in [-0.25, -0.2) is 4.18 Å². The molecular weight excluding hydrogens is 240 g/mol. The second kappa shape index (κ2) is 9.46. The van der Waals surface area contributed by atoms with E-state index in [1.54, 1.807) is 19.9 Å². The summed E-state index contributed by atoms with van der Waals surface area (Å²) in [6, 6.07) is 1.64. The van der Waals surface area contributed by atoms with Crippen LogP contribution >= 0.6 is 0 Å². The van der Waals surface area contributed by atoms with Crippen molar-refractivity contribution in [3.05, 3.63) is 0 Å². The molecule has 0 fully saturated rings. The van der Waals surface area contributed by atoms with Crippen LogP contribution in [0, 0.1) is 11.3 Å². The molecule has 0 saturated carbocycles. The van der Waals surface area contributed by atoms with E-state index < -0.39 is 22.9 Å². The van der Waals surface area contributed by atoms with Crippen molar-refractivity contribution in [2.45, 2.75) is 32.7 Å². The third kappa shape index (κ3) is 23.2. The molecule has 0 aliphatic carbocycles. The van der Waals surface area contributed by atoms with E-state index in [1.165, 1.54) is 0 Å². The van der Waals surface area contributed by atoms with Crippen molar-refractivity contribution >= 4 is 10.4 Å². The van der Waals surface area contributed by atoms with Crippen LogP contribution in [0.2, 0.25) is 0 Å². The van der Waals surface area contributed by atoms with Crippen LogP contribution in [0.1, 0.15) is 20.3 Å². The summed E-state index contributed by atoms with van der Waals surface area (Å²) in [5, 5.41) is 27.2. The third-order valence-corrected chi connectivity index (χ3v) is 1.39. The largest absolute Gasteiger partial charge is 0.397 e. The smallest absolute Gasteiger partial charge is 0.379 e. The molecule has 0 amide bonds. The van der Waals surface area contributed by atoms with Gasteiger partial charge in [0.05, 0.1) is 19.1 Å². The molecule has 0 bridgehead atoms. The molecule has 8 nitrogen and oxygen atoms in total. The quantitative estimate of drug-likeness (QED) is 0.278. The second-order valence-electron chi connectivity index (χ2n) is 2.68. The van der Waals surface area contributed by atoms with E-state index in [-0.39, 0.29) is 13.0 Å². The number of aliphatic hydroxyl groups is 2. The zero-order valence-corrected chi connectivity index (χ0v) is 9.81. The molecule has 96 valence electrons. The first kappa shape index (κ1) is 17.6. The van der Waals surface area contributed by atoms with E-state index in [1.807, 2.05) is 0 Å². The standard InChI is InChI=1S/C4H11NO2.C3H5NO4S/c1-3(6)5-4(2)7;4-2-1-3-8-9(5,6)7/h3-7H,1-2H3;1,3H2,(H,5,6,7). The lowest BCUT2D eigenvalue weighted by atomic mass is 10.5. The first-order chi connectivity index (χ1) is 7.19. The van der Waals surface area contributed by atoms with Gasteiger partial charge in [-0.3, -0.25) is 9.87 Å². The Morgan fingerprint density at radius 1 is 1.38 bits per heavy atom. The maximum absolute atomic E-state index is 9.73. The molecule has 0 saturated heterocycles. The van der Waals surface area contributed by atoms with Gasteiger partial charge in [-0.05, 0) is 13.8 Å². The van der Waals surface area contributed by atoms with E-state index in [0.717, 1.165) is 0 Å². The Kier molecular flexibility index (Phi) is 10.4. The Hall–Kier alpha value is -0.760. The summed E-state index contributed by atoms with van der Waals surface area (Å²) in [6.07, 6.45) is -1.31. The van der Waals surface area contributed by atoms with Crippen molar-refractivity contribution in [3.63, 3.8) is 0 Å². The Morgan fingerprint density at radius 2 is 1.81 bits per heavy atom. The summed E-state index contributed by atoms with van der Waals surface area (Å²) >= 11 is 0.